The van der Waals surface area contributed by atoms with Gasteiger partial charge < -0.3 is 15.0 Å². The SMILES string of the molecule is O=C(N[C@@H]1C[C@H](C(=O)N2CCOCC2)[C@@H](c2ccc(F)cc2)C1)c1cccnc1. The highest BCUT2D eigenvalue weighted by atomic mass is 19.1. The first-order valence-corrected chi connectivity index (χ1v) is 9.94. The van der Waals surface area contributed by atoms with Crippen LogP contribution in [-0.4, -0.2) is 54.0 Å². The van der Waals surface area contributed by atoms with E-state index in [-0.39, 0.29) is 35.5 Å². The van der Waals surface area contributed by atoms with E-state index < -0.39 is 0 Å². The smallest absolute Gasteiger partial charge is 0.253 e. The van der Waals surface area contributed by atoms with Crippen LogP contribution in [0.3, 0.4) is 0 Å². The molecule has 29 heavy (non-hydrogen) atoms. The largest absolute Gasteiger partial charge is 0.378 e. The van der Waals surface area contributed by atoms with Crippen molar-refractivity contribution in [1.82, 2.24) is 15.2 Å². The fraction of sp³-hybridized carbons (Fsp3) is 0.409. The molecule has 1 saturated carbocycles. The second-order valence-corrected chi connectivity index (χ2v) is 7.59. The summed E-state index contributed by atoms with van der Waals surface area (Å²) >= 11 is 0. The third-order valence-electron chi connectivity index (χ3n) is 5.76. The molecule has 0 unspecified atom stereocenters. The third-order valence-corrected chi connectivity index (χ3v) is 5.76. The molecule has 6 nitrogen and oxygen atoms in total. The highest BCUT2D eigenvalue weighted by Gasteiger charge is 2.42. The lowest BCUT2D eigenvalue weighted by Gasteiger charge is -2.31. The van der Waals surface area contributed by atoms with E-state index in [1.165, 1.54) is 18.3 Å². The van der Waals surface area contributed by atoms with Gasteiger partial charge in [-0.25, -0.2) is 4.39 Å². The van der Waals surface area contributed by atoms with Gasteiger partial charge in [0.15, 0.2) is 0 Å². The summed E-state index contributed by atoms with van der Waals surface area (Å²) in [5.41, 5.74) is 1.42. The Kier molecular flexibility index (Phi) is 5.85. The van der Waals surface area contributed by atoms with Gasteiger partial charge in [0.1, 0.15) is 5.82 Å². The lowest BCUT2D eigenvalue weighted by Crippen LogP contribution is -2.44. The summed E-state index contributed by atoms with van der Waals surface area (Å²) in [7, 11) is 0. The maximum Gasteiger partial charge on any atom is 0.253 e. The van der Waals surface area contributed by atoms with Crippen molar-refractivity contribution in [3.8, 4) is 0 Å². The van der Waals surface area contributed by atoms with E-state index >= 15 is 0 Å². The van der Waals surface area contributed by atoms with Gasteiger partial charge in [-0.2, -0.15) is 0 Å². The number of amides is 2. The molecule has 2 heterocycles. The Morgan fingerprint density at radius 2 is 1.86 bits per heavy atom. The Hall–Kier alpha value is -2.80. The Bertz CT molecular complexity index is 853. The molecule has 0 spiro atoms. The lowest BCUT2D eigenvalue weighted by atomic mass is 9.88. The van der Waals surface area contributed by atoms with E-state index in [4.69, 9.17) is 4.74 Å². The summed E-state index contributed by atoms with van der Waals surface area (Å²) in [6.45, 7) is 2.25. The molecule has 1 aliphatic carbocycles. The number of carbonyl (C=O) groups excluding carboxylic acids is 2. The van der Waals surface area contributed by atoms with Gasteiger partial charge in [-0.05, 0) is 48.6 Å². The van der Waals surface area contributed by atoms with E-state index in [1.54, 1.807) is 30.5 Å². The van der Waals surface area contributed by atoms with Crippen molar-refractivity contribution >= 4 is 11.8 Å². The van der Waals surface area contributed by atoms with Gasteiger partial charge >= 0.3 is 0 Å². The van der Waals surface area contributed by atoms with E-state index in [0.717, 1.165) is 5.56 Å². The number of ether oxygens (including phenoxy) is 1. The molecule has 0 radical (unpaired) electrons. The zero-order chi connectivity index (χ0) is 20.2. The molecule has 1 aromatic heterocycles. The van der Waals surface area contributed by atoms with Crippen molar-refractivity contribution in [3.05, 3.63) is 65.7 Å². The van der Waals surface area contributed by atoms with Gasteiger partial charge in [0.25, 0.3) is 5.91 Å². The van der Waals surface area contributed by atoms with Crippen LogP contribution in [0.2, 0.25) is 0 Å². The monoisotopic (exact) mass is 397 g/mol. The molecular formula is C22H24FN3O3. The van der Waals surface area contributed by atoms with Crippen LogP contribution in [0.1, 0.15) is 34.7 Å². The molecular weight excluding hydrogens is 373 g/mol. The lowest BCUT2D eigenvalue weighted by molar-refractivity contribution is -0.140. The van der Waals surface area contributed by atoms with Crippen molar-refractivity contribution in [3.63, 3.8) is 0 Å². The standard InChI is InChI=1S/C22H24FN3O3/c23-17-5-3-15(4-6-17)19-12-18(25-21(27)16-2-1-7-24-14-16)13-20(19)22(28)26-8-10-29-11-9-26/h1-7,14,18-20H,8-13H2,(H,25,27)/t18-,19+,20-/m0/s1. The fourth-order valence-electron chi connectivity index (χ4n) is 4.29. The summed E-state index contributed by atoms with van der Waals surface area (Å²) in [5, 5.41) is 3.05. The molecule has 2 fully saturated rings. The van der Waals surface area contributed by atoms with Crippen LogP contribution >= 0.6 is 0 Å². The number of hydrogen-bond donors (Lipinski definition) is 1. The number of nitrogens with one attached hydrogen (secondary N) is 1. The molecule has 1 aromatic carbocycles. The number of hydrogen-bond acceptors (Lipinski definition) is 4. The minimum Gasteiger partial charge on any atom is -0.378 e. The molecule has 152 valence electrons. The first kappa shape index (κ1) is 19.5. The average molecular weight is 397 g/mol. The number of carbonyl (C=O) groups is 2. The predicted octanol–water partition coefficient (Wildman–Crippen LogP) is 2.37. The second kappa shape index (κ2) is 8.69. The first-order valence-electron chi connectivity index (χ1n) is 9.94. The first-order chi connectivity index (χ1) is 14.1. The number of rotatable bonds is 4. The van der Waals surface area contributed by atoms with Crippen LogP contribution in [0.4, 0.5) is 4.39 Å². The van der Waals surface area contributed by atoms with Gasteiger partial charge in [0.2, 0.25) is 5.91 Å². The second-order valence-electron chi connectivity index (χ2n) is 7.59. The van der Waals surface area contributed by atoms with Crippen LogP contribution in [-0.2, 0) is 9.53 Å². The molecule has 2 aliphatic rings. The number of aromatic nitrogens is 1. The van der Waals surface area contributed by atoms with Crippen molar-refractivity contribution < 1.29 is 18.7 Å². The quantitative estimate of drug-likeness (QED) is 0.860. The van der Waals surface area contributed by atoms with Gasteiger partial charge in [-0.1, -0.05) is 12.1 Å². The normalized spacial score (nSPS) is 24.3. The van der Waals surface area contributed by atoms with Crippen LogP contribution in [0.25, 0.3) is 0 Å². The summed E-state index contributed by atoms with van der Waals surface area (Å²) in [6, 6.07) is 9.63. The van der Waals surface area contributed by atoms with Crippen LogP contribution < -0.4 is 5.32 Å². The Morgan fingerprint density at radius 3 is 2.55 bits per heavy atom. The molecule has 7 heteroatoms. The number of morpholine rings is 1. The minimum absolute atomic E-state index is 0.0647. The van der Waals surface area contributed by atoms with E-state index in [9.17, 15) is 14.0 Å². The van der Waals surface area contributed by atoms with Crippen LogP contribution in [0.5, 0.6) is 0 Å². The molecule has 2 amide bonds. The molecule has 1 aliphatic heterocycles. The third kappa shape index (κ3) is 4.45. The summed E-state index contributed by atoms with van der Waals surface area (Å²) in [6.07, 6.45) is 4.34. The van der Waals surface area contributed by atoms with Crippen LogP contribution in [0, 0.1) is 11.7 Å². The molecule has 1 N–H and O–H groups in total. The predicted molar refractivity (Wildman–Crippen MR) is 105 cm³/mol. The van der Waals surface area contributed by atoms with Gasteiger partial charge in [0, 0.05) is 37.4 Å². The average Bonchev–Trinajstić information content (AvgIpc) is 3.18. The number of halogens is 1. The maximum absolute atomic E-state index is 13.4. The van der Waals surface area contributed by atoms with Crippen molar-refractivity contribution in [2.45, 2.75) is 24.8 Å². The highest BCUT2D eigenvalue weighted by Crippen LogP contribution is 2.41. The fourth-order valence-corrected chi connectivity index (χ4v) is 4.29. The zero-order valence-corrected chi connectivity index (χ0v) is 16.1. The zero-order valence-electron chi connectivity index (χ0n) is 16.1. The van der Waals surface area contributed by atoms with Gasteiger partial charge in [0.05, 0.1) is 18.8 Å². The van der Waals surface area contributed by atoms with E-state index in [0.29, 0.717) is 44.7 Å². The molecule has 2 aromatic rings. The molecule has 0 bridgehead atoms. The Labute approximate surface area is 169 Å². The van der Waals surface area contributed by atoms with Crippen molar-refractivity contribution in [2.24, 2.45) is 5.92 Å². The summed E-state index contributed by atoms with van der Waals surface area (Å²) in [4.78, 5) is 31.6. The van der Waals surface area contributed by atoms with Crippen molar-refractivity contribution in [1.29, 1.82) is 0 Å². The number of benzene rings is 1. The summed E-state index contributed by atoms with van der Waals surface area (Å²) in [5.74, 6) is -0.728. The Balaban J connectivity index is 1.52. The molecule has 3 atom stereocenters. The molecule has 1 saturated heterocycles. The number of pyridine rings is 1. The Morgan fingerprint density at radius 1 is 1.10 bits per heavy atom. The summed E-state index contributed by atoms with van der Waals surface area (Å²) < 4.78 is 18.8. The highest BCUT2D eigenvalue weighted by molar-refractivity contribution is 5.94. The van der Waals surface area contributed by atoms with Gasteiger partial charge in [-0.3, -0.25) is 14.6 Å². The number of nitrogens with zero attached hydrogens (tertiary/aromatic N) is 2. The molecule has 4 rings (SSSR count). The van der Waals surface area contributed by atoms with Gasteiger partial charge in [-0.15, -0.1) is 0 Å². The minimum atomic E-state index is -0.302. The topological polar surface area (TPSA) is 71.5 Å². The van der Waals surface area contributed by atoms with E-state index in [1.807, 2.05) is 4.90 Å². The maximum atomic E-state index is 13.4. The van der Waals surface area contributed by atoms with Crippen molar-refractivity contribution in [2.75, 3.05) is 26.3 Å². The van der Waals surface area contributed by atoms with Crippen LogP contribution in [0.15, 0.2) is 48.8 Å². The van der Waals surface area contributed by atoms with E-state index in [2.05, 4.69) is 10.3 Å².